The van der Waals surface area contributed by atoms with Gasteiger partial charge < -0.3 is 10.1 Å². The molecule has 22 heavy (non-hydrogen) atoms. The number of hydrogen-bond donors (Lipinski definition) is 2. The van der Waals surface area contributed by atoms with E-state index in [0.29, 0.717) is 23.0 Å². The molecule has 0 bridgehead atoms. The molecule has 1 atom stereocenters. The molecule has 1 aromatic carbocycles. The smallest absolute Gasteiger partial charge is 0.352 e. The van der Waals surface area contributed by atoms with Crippen molar-refractivity contribution in [3.05, 3.63) is 33.8 Å². The van der Waals surface area contributed by atoms with Gasteiger partial charge in [-0.3, -0.25) is 5.41 Å². The second kappa shape index (κ2) is 7.95. The van der Waals surface area contributed by atoms with E-state index >= 15 is 0 Å². The molecule has 4 nitrogen and oxygen atoms in total. The highest BCUT2D eigenvalue weighted by Crippen LogP contribution is 2.22. The van der Waals surface area contributed by atoms with Gasteiger partial charge in [0.1, 0.15) is 11.3 Å². The van der Waals surface area contributed by atoms with Gasteiger partial charge in [0, 0.05) is 19.0 Å². The van der Waals surface area contributed by atoms with E-state index in [1.54, 1.807) is 32.9 Å². The Kier molecular flexibility index (Phi) is 6.85. The summed E-state index contributed by atoms with van der Waals surface area (Å²) in [6, 6.07) is 5.39. The average Bonchev–Trinajstić information content (AvgIpc) is 2.38. The molecule has 0 aliphatic heterocycles. The van der Waals surface area contributed by atoms with Crippen LogP contribution in [0.4, 0.5) is 0 Å². The van der Waals surface area contributed by atoms with E-state index in [-0.39, 0.29) is 11.8 Å². The van der Waals surface area contributed by atoms with Gasteiger partial charge >= 0.3 is 5.97 Å². The van der Waals surface area contributed by atoms with E-state index in [0.717, 1.165) is 5.56 Å². The minimum atomic E-state index is -0.583. The van der Waals surface area contributed by atoms with Crippen LogP contribution in [-0.2, 0) is 16.1 Å². The maximum Gasteiger partial charge on any atom is 0.352 e. The Bertz CT molecular complexity index is 554. The van der Waals surface area contributed by atoms with Crippen molar-refractivity contribution in [2.45, 2.75) is 52.3 Å². The van der Waals surface area contributed by atoms with Crippen molar-refractivity contribution < 1.29 is 9.53 Å². The van der Waals surface area contributed by atoms with Crippen LogP contribution in [0.1, 0.15) is 39.7 Å². The lowest BCUT2D eigenvalue weighted by Crippen LogP contribution is -2.34. The van der Waals surface area contributed by atoms with Crippen LogP contribution in [0, 0.1) is 5.41 Å². The summed E-state index contributed by atoms with van der Waals surface area (Å²) in [6.07, 6.45) is 0.302. The summed E-state index contributed by atoms with van der Waals surface area (Å²) >= 11 is 11.8. The van der Waals surface area contributed by atoms with Crippen LogP contribution in [0.3, 0.4) is 0 Å². The quantitative estimate of drug-likeness (QED) is 0.599. The molecular weight excluding hydrogens is 323 g/mol. The Morgan fingerprint density at radius 2 is 1.95 bits per heavy atom. The van der Waals surface area contributed by atoms with E-state index < -0.39 is 11.6 Å². The van der Waals surface area contributed by atoms with E-state index in [2.05, 4.69) is 5.32 Å². The summed E-state index contributed by atoms with van der Waals surface area (Å²) in [6.45, 7) is 7.84. The predicted octanol–water partition coefficient (Wildman–Crippen LogP) is 4.22. The first kappa shape index (κ1) is 18.9. The molecule has 1 unspecified atom stereocenters. The topological polar surface area (TPSA) is 62.2 Å². The number of benzene rings is 1. The largest absolute Gasteiger partial charge is 0.456 e. The lowest BCUT2D eigenvalue weighted by molar-refractivity contribution is -0.146. The highest BCUT2D eigenvalue weighted by molar-refractivity contribution is 6.42. The molecule has 2 N–H and O–H groups in total. The molecule has 0 aliphatic carbocycles. The molecule has 0 saturated heterocycles. The van der Waals surface area contributed by atoms with Crippen LogP contribution in [-0.4, -0.2) is 23.3 Å². The second-order valence-corrected chi connectivity index (χ2v) is 7.03. The molecule has 0 heterocycles. The van der Waals surface area contributed by atoms with Gasteiger partial charge in [0.15, 0.2) is 0 Å². The third-order valence-corrected chi connectivity index (χ3v) is 3.53. The molecule has 0 aliphatic rings. The fourth-order valence-electron chi connectivity index (χ4n) is 1.74. The standard InChI is InChI=1S/C16H22Cl2N2O2/c1-10(7-14(19)15(21)22-16(2,3)4)20-9-11-5-6-12(17)13(18)8-11/h5-6,8,10,19-20H,7,9H2,1-4H3. The fourth-order valence-corrected chi connectivity index (χ4v) is 2.06. The van der Waals surface area contributed by atoms with Crippen LogP contribution in [0.25, 0.3) is 0 Å². The van der Waals surface area contributed by atoms with Gasteiger partial charge in [0.25, 0.3) is 0 Å². The van der Waals surface area contributed by atoms with Crippen LogP contribution >= 0.6 is 23.2 Å². The molecule has 0 amide bonds. The Labute approximate surface area is 141 Å². The van der Waals surface area contributed by atoms with Crippen molar-refractivity contribution in [2.24, 2.45) is 0 Å². The Hall–Kier alpha value is -1.10. The van der Waals surface area contributed by atoms with E-state index in [1.807, 2.05) is 13.0 Å². The maximum atomic E-state index is 11.7. The highest BCUT2D eigenvalue weighted by Gasteiger charge is 2.21. The normalized spacial score (nSPS) is 12.8. The number of carbonyl (C=O) groups excluding carboxylic acids is 1. The van der Waals surface area contributed by atoms with Crippen molar-refractivity contribution in [3.8, 4) is 0 Å². The molecule has 0 radical (unpaired) electrons. The summed E-state index contributed by atoms with van der Waals surface area (Å²) in [5.74, 6) is -0.573. The summed E-state index contributed by atoms with van der Waals surface area (Å²) in [7, 11) is 0. The van der Waals surface area contributed by atoms with E-state index in [4.69, 9.17) is 33.3 Å². The van der Waals surface area contributed by atoms with Crippen LogP contribution in [0.2, 0.25) is 10.0 Å². The van der Waals surface area contributed by atoms with Crippen LogP contribution in [0.15, 0.2) is 18.2 Å². The molecule has 1 rings (SSSR count). The lowest BCUT2D eigenvalue weighted by atomic mass is 10.1. The number of ether oxygens (including phenoxy) is 1. The van der Waals surface area contributed by atoms with Crippen molar-refractivity contribution in [1.82, 2.24) is 5.32 Å². The summed E-state index contributed by atoms with van der Waals surface area (Å²) < 4.78 is 5.17. The van der Waals surface area contributed by atoms with Crippen molar-refractivity contribution in [2.75, 3.05) is 0 Å². The zero-order chi connectivity index (χ0) is 16.9. The zero-order valence-corrected chi connectivity index (χ0v) is 14.8. The summed E-state index contributed by atoms with van der Waals surface area (Å²) in [5.41, 5.74) is 0.370. The van der Waals surface area contributed by atoms with Gasteiger partial charge in [-0.1, -0.05) is 29.3 Å². The van der Waals surface area contributed by atoms with E-state index in [1.165, 1.54) is 0 Å². The first-order valence-corrected chi connectivity index (χ1v) is 7.82. The SMILES string of the molecule is CC(CC(=N)C(=O)OC(C)(C)C)NCc1ccc(Cl)c(Cl)c1. The van der Waals surface area contributed by atoms with Crippen LogP contribution in [0.5, 0.6) is 0 Å². The number of nitrogens with one attached hydrogen (secondary N) is 2. The third-order valence-electron chi connectivity index (χ3n) is 2.79. The highest BCUT2D eigenvalue weighted by atomic mass is 35.5. The van der Waals surface area contributed by atoms with Crippen molar-refractivity contribution in [1.29, 1.82) is 5.41 Å². The summed E-state index contributed by atoms with van der Waals surface area (Å²) in [4.78, 5) is 11.7. The average molecular weight is 345 g/mol. The molecule has 0 spiro atoms. The third kappa shape index (κ3) is 6.77. The Morgan fingerprint density at radius 1 is 1.32 bits per heavy atom. The zero-order valence-electron chi connectivity index (χ0n) is 13.3. The summed E-state index contributed by atoms with van der Waals surface area (Å²) in [5, 5.41) is 12.1. The first-order valence-electron chi connectivity index (χ1n) is 7.06. The predicted molar refractivity (Wildman–Crippen MR) is 91.0 cm³/mol. The van der Waals surface area contributed by atoms with Gasteiger partial charge in [-0.25, -0.2) is 4.79 Å². The molecule has 1 aromatic rings. The number of rotatable bonds is 6. The van der Waals surface area contributed by atoms with Crippen LogP contribution < -0.4 is 5.32 Å². The molecule has 0 saturated carbocycles. The monoisotopic (exact) mass is 344 g/mol. The lowest BCUT2D eigenvalue weighted by Gasteiger charge is -2.21. The van der Waals surface area contributed by atoms with Gasteiger partial charge in [-0.15, -0.1) is 0 Å². The van der Waals surface area contributed by atoms with E-state index in [9.17, 15) is 4.79 Å². The number of carbonyl (C=O) groups is 1. The maximum absolute atomic E-state index is 11.7. The minimum absolute atomic E-state index is 0.0329. The molecule has 122 valence electrons. The van der Waals surface area contributed by atoms with Gasteiger partial charge in [-0.05, 0) is 45.4 Å². The molecule has 0 aromatic heterocycles. The Balaban J connectivity index is 2.45. The number of esters is 1. The van der Waals surface area contributed by atoms with Crippen molar-refractivity contribution >= 4 is 34.9 Å². The minimum Gasteiger partial charge on any atom is -0.456 e. The first-order chi connectivity index (χ1) is 10.1. The van der Waals surface area contributed by atoms with Gasteiger partial charge in [0.2, 0.25) is 0 Å². The van der Waals surface area contributed by atoms with Crippen molar-refractivity contribution in [3.63, 3.8) is 0 Å². The Morgan fingerprint density at radius 3 is 2.50 bits per heavy atom. The van der Waals surface area contributed by atoms with Gasteiger partial charge in [-0.2, -0.15) is 0 Å². The molecular formula is C16H22Cl2N2O2. The molecule has 6 heteroatoms. The second-order valence-electron chi connectivity index (χ2n) is 6.21. The van der Waals surface area contributed by atoms with Gasteiger partial charge in [0.05, 0.1) is 10.0 Å². The fraction of sp³-hybridized carbons (Fsp3) is 0.500. The molecule has 0 fully saturated rings. The number of halogens is 2. The number of hydrogen-bond acceptors (Lipinski definition) is 4.